The molecule has 4 heteroatoms. The van der Waals surface area contributed by atoms with Crippen LogP contribution in [0.3, 0.4) is 0 Å². The van der Waals surface area contributed by atoms with E-state index in [1.165, 1.54) is 6.26 Å². The minimum absolute atomic E-state index is 0.262. The van der Waals surface area contributed by atoms with Crippen molar-refractivity contribution in [3.63, 3.8) is 0 Å². The van der Waals surface area contributed by atoms with Gasteiger partial charge < -0.3 is 0 Å². The molecule has 1 fully saturated rings. The lowest BCUT2D eigenvalue weighted by molar-refractivity contribution is 0.183. The van der Waals surface area contributed by atoms with Crippen LogP contribution in [0.5, 0.6) is 0 Å². The highest BCUT2D eigenvalue weighted by Gasteiger charge is 2.35. The van der Waals surface area contributed by atoms with E-state index in [1.54, 1.807) is 4.31 Å². The zero-order chi connectivity index (χ0) is 11.9. The van der Waals surface area contributed by atoms with Gasteiger partial charge in [-0.3, -0.25) is 0 Å². The minimum atomic E-state index is -2.98. The molecule has 1 heterocycles. The van der Waals surface area contributed by atoms with Crippen LogP contribution in [-0.4, -0.2) is 32.1 Å². The van der Waals surface area contributed by atoms with Crippen molar-refractivity contribution >= 4 is 10.0 Å². The van der Waals surface area contributed by atoms with Crippen molar-refractivity contribution < 1.29 is 8.42 Å². The molecule has 0 spiro atoms. The Kier molecular flexibility index (Phi) is 3.51. The van der Waals surface area contributed by atoms with Crippen molar-refractivity contribution in [2.45, 2.75) is 34.1 Å². The predicted octanol–water partition coefficient (Wildman–Crippen LogP) is 1.95. The van der Waals surface area contributed by atoms with Crippen LogP contribution < -0.4 is 0 Å². The van der Waals surface area contributed by atoms with Crippen molar-refractivity contribution in [3.8, 4) is 0 Å². The van der Waals surface area contributed by atoms with E-state index in [9.17, 15) is 8.42 Å². The average molecular weight is 233 g/mol. The van der Waals surface area contributed by atoms with Crippen molar-refractivity contribution in [1.29, 1.82) is 0 Å². The second kappa shape index (κ2) is 4.06. The molecule has 0 amide bonds. The molecule has 1 rings (SSSR count). The number of hydrogen-bond acceptors (Lipinski definition) is 2. The highest BCUT2D eigenvalue weighted by atomic mass is 32.2. The second-order valence-corrected chi connectivity index (χ2v) is 7.81. The first-order valence-corrected chi connectivity index (χ1v) is 7.42. The fourth-order valence-electron chi connectivity index (χ4n) is 2.17. The fraction of sp³-hybridized carbons (Fsp3) is 1.00. The fourth-order valence-corrected chi connectivity index (χ4v) is 3.07. The molecule has 2 atom stereocenters. The molecule has 0 aromatic heterocycles. The standard InChI is InChI=1S/C11H23NO2S/c1-9(11(2,3)4)10-6-7-12(8-10)15(5,13)14/h9-10H,6-8H2,1-5H3. The molecular formula is C11H23NO2S. The molecule has 0 aromatic carbocycles. The van der Waals surface area contributed by atoms with Gasteiger partial charge in [-0.15, -0.1) is 0 Å². The molecule has 1 aliphatic rings. The van der Waals surface area contributed by atoms with Crippen LogP contribution in [-0.2, 0) is 10.0 Å². The highest BCUT2D eigenvalue weighted by molar-refractivity contribution is 7.88. The third-order valence-electron chi connectivity index (χ3n) is 3.73. The third-order valence-corrected chi connectivity index (χ3v) is 5.00. The molecule has 0 aromatic rings. The summed E-state index contributed by atoms with van der Waals surface area (Å²) in [4.78, 5) is 0. The van der Waals surface area contributed by atoms with Gasteiger partial charge in [0, 0.05) is 13.1 Å². The lowest BCUT2D eigenvalue weighted by Gasteiger charge is -2.32. The molecule has 3 nitrogen and oxygen atoms in total. The van der Waals surface area contributed by atoms with Crippen LogP contribution in [0.15, 0.2) is 0 Å². The van der Waals surface area contributed by atoms with Crippen LogP contribution in [0.25, 0.3) is 0 Å². The van der Waals surface area contributed by atoms with Gasteiger partial charge in [-0.2, -0.15) is 0 Å². The first-order chi connectivity index (χ1) is 6.62. The summed E-state index contributed by atoms with van der Waals surface area (Å²) in [7, 11) is -2.98. The average Bonchev–Trinajstić information content (AvgIpc) is 2.47. The van der Waals surface area contributed by atoms with E-state index in [4.69, 9.17) is 0 Å². The molecule has 2 unspecified atom stereocenters. The van der Waals surface area contributed by atoms with Crippen molar-refractivity contribution in [3.05, 3.63) is 0 Å². The van der Waals surface area contributed by atoms with E-state index in [0.29, 0.717) is 24.9 Å². The number of hydrogen-bond donors (Lipinski definition) is 0. The van der Waals surface area contributed by atoms with Gasteiger partial charge in [0.05, 0.1) is 6.26 Å². The van der Waals surface area contributed by atoms with Gasteiger partial charge >= 0.3 is 0 Å². The monoisotopic (exact) mass is 233 g/mol. The maximum absolute atomic E-state index is 11.4. The second-order valence-electron chi connectivity index (χ2n) is 5.82. The lowest BCUT2D eigenvalue weighted by Crippen LogP contribution is -2.31. The molecule has 0 saturated carbocycles. The van der Waals surface area contributed by atoms with E-state index in [0.717, 1.165) is 6.42 Å². The third kappa shape index (κ3) is 3.18. The Morgan fingerprint density at radius 2 is 1.87 bits per heavy atom. The number of nitrogens with zero attached hydrogens (tertiary/aromatic N) is 1. The van der Waals surface area contributed by atoms with E-state index in [-0.39, 0.29) is 5.41 Å². The molecule has 15 heavy (non-hydrogen) atoms. The molecule has 0 aliphatic carbocycles. The Bertz CT molecular complexity index is 316. The van der Waals surface area contributed by atoms with Gasteiger partial charge in [0.15, 0.2) is 0 Å². The summed E-state index contributed by atoms with van der Waals surface area (Å²) >= 11 is 0. The smallest absolute Gasteiger partial charge is 0.211 e. The first-order valence-electron chi connectivity index (χ1n) is 5.57. The molecule has 1 saturated heterocycles. The Balaban J connectivity index is 2.65. The molecule has 90 valence electrons. The topological polar surface area (TPSA) is 37.4 Å². The molecular weight excluding hydrogens is 210 g/mol. The Morgan fingerprint density at radius 1 is 1.33 bits per heavy atom. The summed E-state index contributed by atoms with van der Waals surface area (Å²) in [5.74, 6) is 1.07. The van der Waals surface area contributed by atoms with Gasteiger partial charge in [-0.05, 0) is 23.7 Å². The van der Waals surface area contributed by atoms with Gasteiger partial charge in [-0.1, -0.05) is 27.7 Å². The zero-order valence-corrected chi connectivity index (χ0v) is 11.3. The van der Waals surface area contributed by atoms with E-state index in [2.05, 4.69) is 27.7 Å². The lowest BCUT2D eigenvalue weighted by atomic mass is 9.74. The van der Waals surface area contributed by atoms with Crippen LogP contribution in [0, 0.1) is 17.3 Å². The summed E-state index contributed by atoms with van der Waals surface area (Å²) in [6, 6.07) is 0. The van der Waals surface area contributed by atoms with Gasteiger partial charge in [-0.25, -0.2) is 12.7 Å². The van der Waals surface area contributed by atoms with Crippen LogP contribution in [0.1, 0.15) is 34.1 Å². The number of rotatable bonds is 2. The predicted molar refractivity (Wildman–Crippen MR) is 63.1 cm³/mol. The summed E-state index contributed by atoms with van der Waals surface area (Å²) in [6.45, 7) is 10.3. The summed E-state index contributed by atoms with van der Waals surface area (Å²) < 4.78 is 24.4. The van der Waals surface area contributed by atoms with E-state index < -0.39 is 10.0 Å². The minimum Gasteiger partial charge on any atom is -0.213 e. The molecule has 0 bridgehead atoms. The van der Waals surface area contributed by atoms with Gasteiger partial charge in [0.25, 0.3) is 0 Å². The summed E-state index contributed by atoms with van der Waals surface area (Å²) in [5, 5.41) is 0. The Hall–Kier alpha value is -0.0900. The molecule has 0 radical (unpaired) electrons. The first kappa shape index (κ1) is 13.0. The van der Waals surface area contributed by atoms with Crippen LogP contribution >= 0.6 is 0 Å². The van der Waals surface area contributed by atoms with Crippen LogP contribution in [0.2, 0.25) is 0 Å². The summed E-state index contributed by atoms with van der Waals surface area (Å²) in [5.41, 5.74) is 0.262. The zero-order valence-electron chi connectivity index (χ0n) is 10.4. The van der Waals surface area contributed by atoms with E-state index in [1.807, 2.05) is 0 Å². The quantitative estimate of drug-likeness (QED) is 0.731. The highest BCUT2D eigenvalue weighted by Crippen LogP contribution is 2.36. The van der Waals surface area contributed by atoms with Gasteiger partial charge in [0.2, 0.25) is 10.0 Å². The molecule has 0 N–H and O–H groups in total. The Labute approximate surface area is 93.9 Å². The number of sulfonamides is 1. The Morgan fingerprint density at radius 3 is 2.20 bits per heavy atom. The summed E-state index contributed by atoms with van der Waals surface area (Å²) in [6.07, 6.45) is 2.31. The van der Waals surface area contributed by atoms with Crippen molar-refractivity contribution in [2.24, 2.45) is 17.3 Å². The normalized spacial score (nSPS) is 26.9. The van der Waals surface area contributed by atoms with Gasteiger partial charge in [0.1, 0.15) is 0 Å². The SMILES string of the molecule is CC(C1CCN(S(C)(=O)=O)C1)C(C)(C)C. The maximum Gasteiger partial charge on any atom is 0.211 e. The van der Waals surface area contributed by atoms with E-state index >= 15 is 0 Å². The largest absolute Gasteiger partial charge is 0.213 e. The van der Waals surface area contributed by atoms with Crippen molar-refractivity contribution in [1.82, 2.24) is 4.31 Å². The van der Waals surface area contributed by atoms with Crippen molar-refractivity contribution in [2.75, 3.05) is 19.3 Å². The molecule has 1 aliphatic heterocycles. The maximum atomic E-state index is 11.4. The van der Waals surface area contributed by atoms with Crippen LogP contribution in [0.4, 0.5) is 0 Å².